The molecule has 0 aliphatic heterocycles. The van der Waals surface area contributed by atoms with Crippen LogP contribution >= 0.6 is 30.2 Å². The maximum atomic E-state index is 12.6. The molecule has 0 spiro atoms. The molecule has 0 saturated heterocycles. The minimum atomic E-state index is -3.28. The molecule has 0 radical (unpaired) electrons. The second kappa shape index (κ2) is 9.05. The summed E-state index contributed by atoms with van der Waals surface area (Å²) < 4.78 is 34.5. The highest BCUT2D eigenvalue weighted by molar-refractivity contribution is 14.1. The first-order valence-corrected chi connectivity index (χ1v) is 10.4. The molecule has 6 nitrogen and oxygen atoms in total. The van der Waals surface area contributed by atoms with Crippen molar-refractivity contribution >= 4 is 36.2 Å². The average Bonchev–Trinajstić information content (AvgIpc) is 2.74. The van der Waals surface area contributed by atoms with Crippen LogP contribution in [-0.4, -0.2) is 25.8 Å². The number of carbonyl (C=O) groups excluding carboxylic acids is 1. The van der Waals surface area contributed by atoms with Gasteiger partial charge in [-0.2, -0.15) is 0 Å². The van der Waals surface area contributed by atoms with Crippen molar-refractivity contribution in [1.82, 2.24) is 0 Å². The summed E-state index contributed by atoms with van der Waals surface area (Å²) in [7, 11) is -3.28. The van der Waals surface area contributed by atoms with E-state index < -0.39 is 13.6 Å². The minimum absolute atomic E-state index is 0.00720. The molecule has 0 aliphatic rings. The molecule has 1 aromatic rings. The summed E-state index contributed by atoms with van der Waals surface area (Å²) in [5.74, 6) is 0.490. The molecule has 0 unspecified atom stereocenters. The van der Waals surface area contributed by atoms with Crippen molar-refractivity contribution in [2.45, 2.75) is 38.3 Å². The Morgan fingerprint density at radius 1 is 1.18 bits per heavy atom. The molecule has 8 heteroatoms. The predicted octanol–water partition coefficient (Wildman–Crippen LogP) is 4.47. The van der Waals surface area contributed by atoms with Gasteiger partial charge in [0.15, 0.2) is 0 Å². The number of carbonyl (C=O) groups is 1. The van der Waals surface area contributed by atoms with Crippen LogP contribution < -0.4 is 0 Å². The Kier molecular flexibility index (Phi) is 8.10. The van der Waals surface area contributed by atoms with E-state index in [1.165, 1.54) is 0 Å². The fourth-order valence-corrected chi connectivity index (χ4v) is 4.54. The van der Waals surface area contributed by atoms with Crippen LogP contribution in [0.3, 0.4) is 0 Å². The third-order valence-electron chi connectivity index (χ3n) is 2.87. The van der Waals surface area contributed by atoms with Crippen molar-refractivity contribution in [3.63, 3.8) is 0 Å². The van der Waals surface area contributed by atoms with Gasteiger partial charge >= 0.3 is 13.6 Å². The van der Waals surface area contributed by atoms with Crippen molar-refractivity contribution < 1.29 is 27.6 Å². The van der Waals surface area contributed by atoms with Gasteiger partial charge in [-0.15, -0.1) is 0 Å². The zero-order valence-electron chi connectivity index (χ0n) is 13.3. The van der Waals surface area contributed by atoms with Crippen LogP contribution in [-0.2, 0) is 28.9 Å². The molecule has 0 aromatic carbocycles. The Morgan fingerprint density at radius 2 is 1.77 bits per heavy atom. The lowest BCUT2D eigenvalue weighted by Gasteiger charge is -2.16. The maximum absolute atomic E-state index is 12.6. The van der Waals surface area contributed by atoms with E-state index in [1.807, 2.05) is 0 Å². The second-order valence-corrected chi connectivity index (χ2v) is 7.21. The molecule has 0 atom stereocenters. The summed E-state index contributed by atoms with van der Waals surface area (Å²) >= 11 is 2.13. The van der Waals surface area contributed by atoms with Crippen molar-refractivity contribution in [3.05, 3.63) is 22.6 Å². The SMILES string of the molecule is CCOC(=O)c1c(C)oc(CP(=O)(OCC)OCC)c1CI. The lowest BCUT2D eigenvalue weighted by molar-refractivity contribution is 0.0523. The first-order chi connectivity index (χ1) is 10.4. The van der Waals surface area contributed by atoms with Crippen molar-refractivity contribution in [2.75, 3.05) is 19.8 Å². The molecule has 0 aliphatic carbocycles. The molecule has 0 N–H and O–H groups in total. The quantitative estimate of drug-likeness (QED) is 0.242. The number of furan rings is 1. The normalized spacial score (nSPS) is 11.7. The van der Waals surface area contributed by atoms with E-state index in [9.17, 15) is 9.36 Å². The van der Waals surface area contributed by atoms with Gasteiger partial charge in [0.25, 0.3) is 0 Å². The van der Waals surface area contributed by atoms with Gasteiger partial charge in [-0.05, 0) is 27.7 Å². The first-order valence-electron chi connectivity index (χ1n) is 7.14. The van der Waals surface area contributed by atoms with Gasteiger partial charge in [-0.3, -0.25) is 4.57 Å². The number of rotatable bonds is 9. The van der Waals surface area contributed by atoms with Crippen LogP contribution in [0.4, 0.5) is 0 Å². The fraction of sp³-hybridized carbons (Fsp3) is 0.643. The van der Waals surface area contributed by atoms with Gasteiger partial charge in [-0.1, -0.05) is 22.6 Å². The first kappa shape index (κ1) is 19.7. The summed E-state index contributed by atoms with van der Waals surface area (Å²) in [6.45, 7) is 7.79. The molecular weight excluding hydrogens is 422 g/mol. The van der Waals surface area contributed by atoms with Gasteiger partial charge < -0.3 is 18.2 Å². The maximum Gasteiger partial charge on any atom is 0.342 e. The summed E-state index contributed by atoms with van der Waals surface area (Å²) in [5, 5.41) is 0. The molecule has 0 bridgehead atoms. The predicted molar refractivity (Wildman–Crippen MR) is 91.7 cm³/mol. The highest BCUT2D eigenvalue weighted by Gasteiger charge is 2.31. The molecule has 22 heavy (non-hydrogen) atoms. The number of halogens is 1. The van der Waals surface area contributed by atoms with Crippen molar-refractivity contribution in [1.29, 1.82) is 0 Å². The van der Waals surface area contributed by atoms with Crippen LogP contribution in [0.1, 0.15) is 48.2 Å². The lowest BCUT2D eigenvalue weighted by Crippen LogP contribution is -2.08. The van der Waals surface area contributed by atoms with E-state index in [2.05, 4.69) is 22.6 Å². The molecule has 0 fully saturated rings. The van der Waals surface area contributed by atoms with Crippen LogP contribution in [0.2, 0.25) is 0 Å². The number of hydrogen-bond donors (Lipinski definition) is 0. The van der Waals surface area contributed by atoms with E-state index in [0.29, 0.717) is 27.1 Å². The van der Waals surface area contributed by atoms with E-state index in [0.717, 1.165) is 0 Å². The van der Waals surface area contributed by atoms with Crippen molar-refractivity contribution in [2.24, 2.45) is 0 Å². The standard InChI is InChI=1S/C14H22IO6P/c1-5-18-14(16)13-10(4)21-12(11(13)8-15)9-22(17,19-6-2)20-7-3/h5-9H2,1-4H3. The lowest BCUT2D eigenvalue weighted by atomic mass is 10.1. The summed E-state index contributed by atoms with van der Waals surface area (Å²) in [4.78, 5) is 12.1. The zero-order valence-corrected chi connectivity index (χ0v) is 16.4. The summed E-state index contributed by atoms with van der Waals surface area (Å²) in [6.07, 6.45) is 0.00720. The van der Waals surface area contributed by atoms with E-state index in [-0.39, 0.29) is 26.0 Å². The number of alkyl halides is 1. The fourth-order valence-electron chi connectivity index (χ4n) is 2.09. The minimum Gasteiger partial charge on any atom is -0.464 e. The third-order valence-corrected chi connectivity index (χ3v) is 5.61. The summed E-state index contributed by atoms with van der Waals surface area (Å²) in [5.41, 5.74) is 1.10. The van der Waals surface area contributed by atoms with Gasteiger partial charge in [0.1, 0.15) is 23.2 Å². The van der Waals surface area contributed by atoms with Crippen LogP contribution in [0, 0.1) is 6.92 Å². The van der Waals surface area contributed by atoms with E-state index in [4.69, 9.17) is 18.2 Å². The third kappa shape index (κ3) is 4.81. The molecule has 1 heterocycles. The zero-order chi connectivity index (χ0) is 16.8. The van der Waals surface area contributed by atoms with E-state index >= 15 is 0 Å². The van der Waals surface area contributed by atoms with Gasteiger partial charge in [0, 0.05) is 9.99 Å². The molecule has 1 rings (SSSR count). The van der Waals surface area contributed by atoms with Crippen LogP contribution in [0.5, 0.6) is 0 Å². The molecule has 126 valence electrons. The Bertz CT molecular complexity index is 544. The molecular formula is C14H22IO6P. The Morgan fingerprint density at radius 3 is 2.23 bits per heavy atom. The summed E-state index contributed by atoms with van der Waals surface area (Å²) in [6, 6.07) is 0. The average molecular weight is 444 g/mol. The Labute approximate surface area is 144 Å². The van der Waals surface area contributed by atoms with E-state index in [1.54, 1.807) is 27.7 Å². The smallest absolute Gasteiger partial charge is 0.342 e. The van der Waals surface area contributed by atoms with Gasteiger partial charge in [0.2, 0.25) is 0 Å². The molecule has 0 amide bonds. The second-order valence-electron chi connectivity index (χ2n) is 4.39. The molecule has 0 saturated carbocycles. The topological polar surface area (TPSA) is 75.0 Å². The largest absolute Gasteiger partial charge is 0.464 e. The highest BCUT2D eigenvalue weighted by atomic mass is 127. The number of esters is 1. The number of ether oxygens (including phenoxy) is 1. The van der Waals surface area contributed by atoms with Crippen molar-refractivity contribution in [3.8, 4) is 0 Å². The Hall–Kier alpha value is -0.370. The number of hydrogen-bond acceptors (Lipinski definition) is 6. The number of aryl methyl sites for hydroxylation is 1. The van der Waals surface area contributed by atoms with Gasteiger partial charge in [0.05, 0.1) is 19.8 Å². The van der Waals surface area contributed by atoms with Gasteiger partial charge in [-0.25, -0.2) is 4.79 Å². The Balaban J connectivity index is 3.17. The monoisotopic (exact) mass is 444 g/mol. The van der Waals surface area contributed by atoms with Crippen LogP contribution in [0.15, 0.2) is 4.42 Å². The molecule has 1 aromatic heterocycles. The van der Waals surface area contributed by atoms with Crippen LogP contribution in [0.25, 0.3) is 0 Å². The highest BCUT2D eigenvalue weighted by Crippen LogP contribution is 2.52.